The second-order valence-corrected chi connectivity index (χ2v) is 0.316. The molecule has 0 saturated carbocycles. The molecule has 0 atom stereocenters. The molecule has 0 saturated heterocycles. The van der Waals surface area contributed by atoms with Gasteiger partial charge >= 0.3 is 18.9 Å². The van der Waals surface area contributed by atoms with Crippen LogP contribution in [0.3, 0.4) is 0 Å². The summed E-state index contributed by atoms with van der Waals surface area (Å²) in [5.41, 5.74) is 0. The van der Waals surface area contributed by atoms with Gasteiger partial charge in [0.15, 0.2) is 0 Å². The van der Waals surface area contributed by atoms with Crippen LogP contribution in [-0.2, 0) is 0 Å². The third-order valence-corrected chi connectivity index (χ3v) is 0. The van der Waals surface area contributed by atoms with Crippen LogP contribution in [-0.4, -0.2) is 17.2 Å². The van der Waals surface area contributed by atoms with Gasteiger partial charge in [-0.05, 0) is 6.92 Å². The average Bonchev–Trinajstić information content (AvgIpc) is 0.918. The molecular formula is C2H8ClLiO2. The number of rotatable bonds is 0. The minimum absolute atomic E-state index is 0. The molecule has 0 aliphatic heterocycles. The first-order chi connectivity index (χ1) is 1.41. The maximum absolute atomic E-state index is 7.57. The van der Waals surface area contributed by atoms with Crippen LogP contribution in [0.15, 0.2) is 0 Å². The molecule has 0 aromatic heterocycles. The molecule has 0 unspecified atom stereocenters. The number of aliphatic hydroxyl groups is 1. The molecule has 0 aliphatic carbocycles. The summed E-state index contributed by atoms with van der Waals surface area (Å²) in [5, 5.41) is 7.57. The van der Waals surface area contributed by atoms with Crippen molar-refractivity contribution in [2.45, 2.75) is 6.92 Å². The summed E-state index contributed by atoms with van der Waals surface area (Å²) in [6.45, 7) is 1.93. The normalized spacial score (nSPS) is 3.00. The van der Waals surface area contributed by atoms with E-state index in [4.69, 9.17) is 5.11 Å². The topological polar surface area (TPSA) is 51.7 Å². The van der Waals surface area contributed by atoms with Gasteiger partial charge in [-0.15, -0.1) is 0 Å². The fraction of sp³-hybridized carbons (Fsp3) is 1.00. The van der Waals surface area contributed by atoms with Gasteiger partial charge in [-0.25, -0.2) is 0 Å². The van der Waals surface area contributed by atoms with Crippen LogP contribution in [0.25, 0.3) is 0 Å². The van der Waals surface area contributed by atoms with Gasteiger partial charge in [-0.1, -0.05) is 0 Å². The summed E-state index contributed by atoms with van der Waals surface area (Å²) in [7, 11) is 0. The Labute approximate surface area is 55.8 Å². The molecule has 0 bridgehead atoms. The van der Waals surface area contributed by atoms with Gasteiger partial charge in [0.1, 0.15) is 0 Å². The van der Waals surface area contributed by atoms with Crippen molar-refractivity contribution in [3.05, 3.63) is 0 Å². The SMILES string of the molecule is CCO.O.[Cl-].[Li+]. The van der Waals surface area contributed by atoms with Crippen LogP contribution in [0.5, 0.6) is 0 Å². The van der Waals surface area contributed by atoms with Gasteiger partial charge in [-0.2, -0.15) is 0 Å². The molecule has 0 aromatic rings. The van der Waals surface area contributed by atoms with Crippen LogP contribution in [0.1, 0.15) is 6.92 Å². The molecule has 0 aromatic carbocycles. The first-order valence-electron chi connectivity index (χ1n) is 1.02. The second-order valence-electron chi connectivity index (χ2n) is 0.316. The molecule has 36 valence electrons. The maximum atomic E-state index is 7.57. The Bertz CT molecular complexity index is 11.5. The number of hydrogen-bond donors (Lipinski definition) is 1. The van der Waals surface area contributed by atoms with E-state index in [-0.39, 0.29) is 43.4 Å². The molecule has 0 aliphatic rings. The van der Waals surface area contributed by atoms with E-state index in [1.165, 1.54) is 0 Å². The monoisotopic (exact) mass is 106 g/mol. The van der Waals surface area contributed by atoms with Crippen LogP contribution in [0, 0.1) is 0 Å². The molecular weight excluding hydrogens is 98.4 g/mol. The van der Waals surface area contributed by atoms with Crippen molar-refractivity contribution in [3.8, 4) is 0 Å². The largest absolute Gasteiger partial charge is 1.00 e. The summed E-state index contributed by atoms with van der Waals surface area (Å²) >= 11 is 0. The molecule has 0 heterocycles. The first kappa shape index (κ1) is 29.1. The minimum atomic E-state index is 0. The van der Waals surface area contributed by atoms with Gasteiger partial charge < -0.3 is 23.0 Å². The fourth-order valence-corrected chi connectivity index (χ4v) is 0. The zero-order valence-electron chi connectivity index (χ0n) is 4.03. The first-order valence-corrected chi connectivity index (χ1v) is 1.02. The third-order valence-electron chi connectivity index (χ3n) is 0. The van der Waals surface area contributed by atoms with Gasteiger partial charge in [-0.3, -0.25) is 0 Å². The molecule has 0 radical (unpaired) electrons. The van der Waals surface area contributed by atoms with E-state index in [1.54, 1.807) is 6.92 Å². The third kappa shape index (κ3) is 107. The molecule has 0 amide bonds. The van der Waals surface area contributed by atoms with Gasteiger partial charge in [0.25, 0.3) is 0 Å². The summed E-state index contributed by atoms with van der Waals surface area (Å²) in [5.74, 6) is 0. The van der Waals surface area contributed by atoms with Crippen molar-refractivity contribution in [3.63, 3.8) is 0 Å². The Kier molecular flexibility index (Phi) is 199. The van der Waals surface area contributed by atoms with Gasteiger partial charge in [0, 0.05) is 6.61 Å². The smallest absolute Gasteiger partial charge is 1.00 e. The Morgan fingerprint density at radius 3 is 1.50 bits per heavy atom. The Morgan fingerprint density at radius 2 is 1.50 bits per heavy atom. The predicted octanol–water partition coefficient (Wildman–Crippen LogP) is -6.82. The van der Waals surface area contributed by atoms with Crippen molar-refractivity contribution < 1.29 is 41.9 Å². The summed E-state index contributed by atoms with van der Waals surface area (Å²) in [4.78, 5) is 0. The summed E-state index contributed by atoms with van der Waals surface area (Å²) < 4.78 is 0. The van der Waals surface area contributed by atoms with Gasteiger partial charge in [0.2, 0.25) is 0 Å². The predicted molar refractivity (Wildman–Crippen MR) is 16.4 cm³/mol. The molecule has 0 rings (SSSR count). The molecule has 4 heteroatoms. The second kappa shape index (κ2) is 41.1. The van der Waals surface area contributed by atoms with Gasteiger partial charge in [0.05, 0.1) is 0 Å². The molecule has 6 heavy (non-hydrogen) atoms. The standard InChI is InChI=1S/C2H6O.ClH.Li.H2O/c1-2-3;;;/h3H,2H2,1H3;1H;;1H2/q;;+1;/p-1. The number of aliphatic hydroxyl groups excluding tert-OH is 1. The fourth-order valence-electron chi connectivity index (χ4n) is 0. The molecule has 3 N–H and O–H groups in total. The van der Waals surface area contributed by atoms with E-state index in [0.717, 1.165) is 0 Å². The maximum Gasteiger partial charge on any atom is 1.00 e. The van der Waals surface area contributed by atoms with Crippen LogP contribution in [0.2, 0.25) is 0 Å². The Hall–Kier alpha value is 0.807. The quantitative estimate of drug-likeness (QED) is 0.307. The molecule has 2 nitrogen and oxygen atoms in total. The van der Waals surface area contributed by atoms with Crippen molar-refractivity contribution in [2.24, 2.45) is 0 Å². The van der Waals surface area contributed by atoms with E-state index in [9.17, 15) is 0 Å². The van der Waals surface area contributed by atoms with E-state index in [0.29, 0.717) is 0 Å². The zero-order chi connectivity index (χ0) is 2.71. The van der Waals surface area contributed by atoms with Crippen molar-refractivity contribution in [1.82, 2.24) is 0 Å². The van der Waals surface area contributed by atoms with E-state index < -0.39 is 0 Å². The summed E-state index contributed by atoms with van der Waals surface area (Å²) in [6, 6.07) is 0. The van der Waals surface area contributed by atoms with E-state index in [2.05, 4.69) is 0 Å². The van der Waals surface area contributed by atoms with Crippen LogP contribution in [0.4, 0.5) is 0 Å². The van der Waals surface area contributed by atoms with Crippen molar-refractivity contribution >= 4 is 0 Å². The average molecular weight is 106 g/mol. The Balaban J connectivity index is -0.00000000667. The zero-order valence-corrected chi connectivity index (χ0v) is 4.79. The molecule has 0 fully saturated rings. The van der Waals surface area contributed by atoms with E-state index in [1.807, 2.05) is 0 Å². The van der Waals surface area contributed by atoms with Crippen molar-refractivity contribution in [1.29, 1.82) is 0 Å². The number of hydrogen-bond acceptors (Lipinski definition) is 1. The minimum Gasteiger partial charge on any atom is -1.00 e. The Morgan fingerprint density at radius 1 is 1.50 bits per heavy atom. The van der Waals surface area contributed by atoms with Crippen LogP contribution >= 0.6 is 0 Å². The van der Waals surface area contributed by atoms with Crippen molar-refractivity contribution in [2.75, 3.05) is 6.61 Å². The van der Waals surface area contributed by atoms with Crippen LogP contribution < -0.4 is 31.3 Å². The van der Waals surface area contributed by atoms with E-state index >= 15 is 0 Å². The summed E-state index contributed by atoms with van der Waals surface area (Å²) in [6.07, 6.45) is 0. The number of halogens is 1. The molecule has 0 spiro atoms.